The van der Waals surface area contributed by atoms with Crippen molar-refractivity contribution in [2.24, 2.45) is 0 Å². The van der Waals surface area contributed by atoms with Gasteiger partial charge in [0, 0.05) is 10.2 Å². The van der Waals surface area contributed by atoms with Gasteiger partial charge in [0.1, 0.15) is 0 Å². The van der Waals surface area contributed by atoms with E-state index in [4.69, 9.17) is 5.73 Å². The Morgan fingerprint density at radius 2 is 1.71 bits per heavy atom. The molecule has 0 aliphatic rings. The molecule has 2 nitrogen and oxygen atoms in total. The Hall–Kier alpha value is -1.34. The number of hydrogen-bond acceptors (Lipinski definition) is 2. The van der Waals surface area contributed by atoms with E-state index in [1.165, 1.54) is 12.1 Å². The van der Waals surface area contributed by atoms with Crippen LogP contribution in [-0.4, -0.2) is 4.21 Å². The van der Waals surface area contributed by atoms with Crippen molar-refractivity contribution in [3.05, 3.63) is 58.1 Å². The zero-order valence-corrected chi connectivity index (χ0v) is 13.1. The van der Waals surface area contributed by atoms with Crippen molar-refractivity contribution < 1.29 is 17.4 Å². The third kappa shape index (κ3) is 4.07. The number of rotatable bonds is 3. The first kappa shape index (κ1) is 16.0. The molecule has 0 saturated heterocycles. The summed E-state index contributed by atoms with van der Waals surface area (Å²) >= 11 is 3.25. The highest BCUT2D eigenvalue weighted by atomic mass is 79.9. The molecule has 0 aliphatic carbocycles. The van der Waals surface area contributed by atoms with Gasteiger partial charge in [-0.25, -0.2) is 0 Å². The average molecular weight is 378 g/mol. The summed E-state index contributed by atoms with van der Waals surface area (Å²) in [6.45, 7) is 0. The summed E-state index contributed by atoms with van der Waals surface area (Å²) in [5.74, 6) is 0.115. The van der Waals surface area contributed by atoms with E-state index in [0.29, 0.717) is 16.1 Å². The van der Waals surface area contributed by atoms with Crippen LogP contribution in [0.4, 0.5) is 18.9 Å². The van der Waals surface area contributed by atoms with Crippen molar-refractivity contribution in [3.8, 4) is 0 Å². The van der Waals surface area contributed by atoms with Gasteiger partial charge in [0.25, 0.3) is 0 Å². The van der Waals surface area contributed by atoms with Crippen LogP contribution in [0.2, 0.25) is 0 Å². The Balaban J connectivity index is 2.16. The maximum Gasteiger partial charge on any atom is 0.416 e. The fourth-order valence-electron chi connectivity index (χ4n) is 1.75. The zero-order valence-electron chi connectivity index (χ0n) is 10.7. The quantitative estimate of drug-likeness (QED) is 0.807. The second-order valence-corrected chi connectivity index (χ2v) is 6.70. The van der Waals surface area contributed by atoms with Gasteiger partial charge in [-0.3, -0.25) is 4.21 Å². The number of nitrogen functional groups attached to an aromatic ring is 1. The van der Waals surface area contributed by atoms with E-state index in [-0.39, 0.29) is 5.75 Å². The molecule has 0 heterocycles. The molecule has 0 aliphatic heterocycles. The number of anilines is 1. The molecule has 7 heteroatoms. The Kier molecular flexibility index (Phi) is 4.73. The van der Waals surface area contributed by atoms with E-state index < -0.39 is 22.5 Å². The summed E-state index contributed by atoms with van der Waals surface area (Å²) in [6.07, 6.45) is -4.37. The Morgan fingerprint density at radius 3 is 2.24 bits per heavy atom. The normalized spacial score (nSPS) is 13.1. The number of alkyl halides is 3. The van der Waals surface area contributed by atoms with Crippen LogP contribution in [0.5, 0.6) is 0 Å². The zero-order chi connectivity index (χ0) is 15.6. The van der Waals surface area contributed by atoms with Crippen LogP contribution < -0.4 is 5.73 Å². The lowest BCUT2D eigenvalue weighted by molar-refractivity contribution is -0.137. The summed E-state index contributed by atoms with van der Waals surface area (Å²) in [7, 11) is -1.41. The van der Waals surface area contributed by atoms with Crippen molar-refractivity contribution in [1.82, 2.24) is 0 Å². The van der Waals surface area contributed by atoms with Gasteiger partial charge >= 0.3 is 6.18 Å². The molecule has 0 fully saturated rings. The van der Waals surface area contributed by atoms with Crippen LogP contribution in [0.3, 0.4) is 0 Å². The Labute approximate surface area is 130 Å². The van der Waals surface area contributed by atoms with E-state index in [1.807, 2.05) is 0 Å². The predicted octanol–water partition coefficient (Wildman–Crippen LogP) is 4.36. The Morgan fingerprint density at radius 1 is 1.10 bits per heavy atom. The van der Waals surface area contributed by atoms with E-state index in [1.54, 1.807) is 18.2 Å². The summed E-state index contributed by atoms with van der Waals surface area (Å²) in [4.78, 5) is 0.470. The lowest BCUT2D eigenvalue weighted by atomic mass is 10.1. The van der Waals surface area contributed by atoms with Crippen molar-refractivity contribution in [2.75, 3.05) is 5.73 Å². The van der Waals surface area contributed by atoms with Gasteiger partial charge in [0.05, 0.1) is 27.0 Å². The maximum absolute atomic E-state index is 12.5. The van der Waals surface area contributed by atoms with E-state index in [0.717, 1.165) is 16.6 Å². The molecule has 2 aromatic carbocycles. The number of nitrogens with two attached hydrogens (primary N) is 1. The van der Waals surface area contributed by atoms with Crippen molar-refractivity contribution in [3.63, 3.8) is 0 Å². The Bertz CT molecular complexity index is 671. The van der Waals surface area contributed by atoms with Crippen LogP contribution in [0, 0.1) is 0 Å². The van der Waals surface area contributed by atoms with Gasteiger partial charge in [0.15, 0.2) is 0 Å². The lowest BCUT2D eigenvalue weighted by Gasteiger charge is -2.09. The van der Waals surface area contributed by atoms with Gasteiger partial charge in [0.2, 0.25) is 0 Å². The molecule has 21 heavy (non-hydrogen) atoms. The number of benzene rings is 2. The molecule has 0 saturated carbocycles. The van der Waals surface area contributed by atoms with E-state index in [9.17, 15) is 17.4 Å². The minimum Gasteiger partial charge on any atom is -0.398 e. The third-order valence-corrected chi connectivity index (χ3v) is 4.75. The second-order valence-electron chi connectivity index (χ2n) is 4.37. The molecular weight excluding hydrogens is 367 g/mol. The molecule has 2 N–H and O–H groups in total. The largest absolute Gasteiger partial charge is 0.416 e. The average Bonchev–Trinajstić information content (AvgIpc) is 2.38. The first-order chi connectivity index (χ1) is 9.77. The molecule has 1 unspecified atom stereocenters. The van der Waals surface area contributed by atoms with Crippen molar-refractivity contribution in [1.29, 1.82) is 0 Å². The van der Waals surface area contributed by atoms with Crippen LogP contribution >= 0.6 is 15.9 Å². The minimum absolute atomic E-state index is 0.115. The first-order valence-electron chi connectivity index (χ1n) is 5.87. The van der Waals surface area contributed by atoms with Crippen molar-refractivity contribution >= 4 is 32.4 Å². The highest BCUT2D eigenvalue weighted by molar-refractivity contribution is 9.10. The summed E-state index contributed by atoms with van der Waals surface area (Å²) in [5.41, 5.74) is 6.01. The molecule has 0 spiro atoms. The summed E-state index contributed by atoms with van der Waals surface area (Å²) < 4.78 is 50.4. The number of hydrogen-bond donors (Lipinski definition) is 1. The van der Waals surface area contributed by atoms with Crippen LogP contribution in [0.25, 0.3) is 0 Å². The fraction of sp³-hybridized carbons (Fsp3) is 0.143. The van der Waals surface area contributed by atoms with Gasteiger partial charge in [-0.1, -0.05) is 28.1 Å². The molecular formula is C14H11BrF3NOS. The second kappa shape index (κ2) is 6.19. The third-order valence-electron chi connectivity index (χ3n) is 2.80. The highest BCUT2D eigenvalue weighted by Crippen LogP contribution is 2.29. The molecule has 1 atom stereocenters. The van der Waals surface area contributed by atoms with Crippen LogP contribution in [0.15, 0.2) is 51.8 Å². The fourth-order valence-corrected chi connectivity index (χ4v) is 3.32. The monoisotopic (exact) mass is 377 g/mol. The molecule has 112 valence electrons. The van der Waals surface area contributed by atoms with Crippen LogP contribution in [-0.2, 0) is 22.7 Å². The van der Waals surface area contributed by atoms with Crippen molar-refractivity contribution in [2.45, 2.75) is 16.8 Å². The topological polar surface area (TPSA) is 43.1 Å². The summed E-state index contributed by atoms with van der Waals surface area (Å²) in [5, 5.41) is 0. The van der Waals surface area contributed by atoms with E-state index >= 15 is 0 Å². The predicted molar refractivity (Wildman–Crippen MR) is 80.1 cm³/mol. The molecule has 0 bridgehead atoms. The molecule has 2 aromatic rings. The van der Waals surface area contributed by atoms with Gasteiger partial charge in [-0.15, -0.1) is 0 Å². The smallest absolute Gasteiger partial charge is 0.398 e. The molecule has 0 amide bonds. The minimum atomic E-state index is -4.37. The molecule has 0 aromatic heterocycles. The highest BCUT2D eigenvalue weighted by Gasteiger charge is 2.29. The van der Waals surface area contributed by atoms with E-state index in [2.05, 4.69) is 15.9 Å². The first-order valence-corrected chi connectivity index (χ1v) is 7.98. The standard InChI is InChI=1S/C14H11BrF3NOS/c15-11-5-6-13(12(19)7-11)21(20)8-9-1-3-10(4-2-9)14(16,17)18/h1-7H,8,19H2. The molecule has 2 rings (SSSR count). The molecule has 0 radical (unpaired) electrons. The van der Waals surface area contributed by atoms with Gasteiger partial charge in [-0.2, -0.15) is 13.2 Å². The van der Waals surface area contributed by atoms with Crippen LogP contribution in [0.1, 0.15) is 11.1 Å². The maximum atomic E-state index is 12.5. The summed E-state index contributed by atoms with van der Waals surface area (Å²) in [6, 6.07) is 9.62. The van der Waals surface area contributed by atoms with Gasteiger partial charge in [-0.05, 0) is 35.9 Å². The SMILES string of the molecule is Nc1cc(Br)ccc1S(=O)Cc1ccc(C(F)(F)F)cc1. The lowest BCUT2D eigenvalue weighted by Crippen LogP contribution is -2.05. The van der Waals surface area contributed by atoms with Gasteiger partial charge < -0.3 is 5.73 Å². The number of halogens is 4.